The molecular formula is C39H29N3S. The first kappa shape index (κ1) is 24.8. The van der Waals surface area contributed by atoms with Gasteiger partial charge in [-0.3, -0.25) is 4.57 Å². The summed E-state index contributed by atoms with van der Waals surface area (Å²) in [5.41, 5.74) is 12.0. The van der Waals surface area contributed by atoms with Crippen LogP contribution < -0.4 is 0 Å². The summed E-state index contributed by atoms with van der Waals surface area (Å²) in [7, 11) is 0. The first-order valence-corrected chi connectivity index (χ1v) is 15.7. The molecule has 3 heterocycles. The van der Waals surface area contributed by atoms with E-state index < -0.39 is 0 Å². The Kier molecular flexibility index (Phi) is 4.97. The van der Waals surface area contributed by atoms with Crippen LogP contribution in [0.2, 0.25) is 0 Å². The molecule has 43 heavy (non-hydrogen) atoms. The van der Waals surface area contributed by atoms with Crippen LogP contribution in [0.4, 0.5) is 0 Å². The fourth-order valence-corrected chi connectivity index (χ4v) is 9.06. The van der Waals surface area contributed by atoms with Crippen LogP contribution >= 0.6 is 11.3 Å². The molecule has 1 aliphatic carbocycles. The lowest BCUT2D eigenvalue weighted by atomic mass is 9.81. The molecule has 0 atom stereocenters. The lowest BCUT2D eigenvalue weighted by molar-refractivity contribution is 0.667. The quantitative estimate of drug-likeness (QED) is 0.207. The van der Waals surface area contributed by atoms with Crippen molar-refractivity contribution < 1.29 is 0 Å². The zero-order valence-corrected chi connectivity index (χ0v) is 25.4. The maximum Gasteiger partial charge on any atom is 0.235 e. The van der Waals surface area contributed by atoms with E-state index in [0.717, 1.165) is 22.1 Å². The van der Waals surface area contributed by atoms with E-state index >= 15 is 0 Å². The third kappa shape index (κ3) is 3.24. The van der Waals surface area contributed by atoms with Gasteiger partial charge >= 0.3 is 0 Å². The number of thiophene rings is 1. The van der Waals surface area contributed by atoms with E-state index in [0.29, 0.717) is 5.95 Å². The van der Waals surface area contributed by atoms with Gasteiger partial charge in [0.1, 0.15) is 0 Å². The highest BCUT2D eigenvalue weighted by Crippen LogP contribution is 2.56. The summed E-state index contributed by atoms with van der Waals surface area (Å²) >= 11 is 1.92. The second kappa shape index (κ2) is 8.62. The minimum absolute atomic E-state index is 0.0658. The molecule has 0 saturated carbocycles. The van der Waals surface area contributed by atoms with Gasteiger partial charge < -0.3 is 0 Å². The number of hydrogen-bond acceptors (Lipinski definition) is 3. The molecule has 8 aromatic rings. The van der Waals surface area contributed by atoms with Crippen LogP contribution in [0.15, 0.2) is 103 Å². The van der Waals surface area contributed by atoms with Gasteiger partial charge in [0.2, 0.25) is 5.95 Å². The van der Waals surface area contributed by atoms with Crippen molar-refractivity contribution in [3.8, 4) is 27.6 Å². The van der Waals surface area contributed by atoms with Gasteiger partial charge in [-0.25, -0.2) is 9.97 Å². The second-order valence-electron chi connectivity index (χ2n) is 12.3. The molecule has 0 spiro atoms. The molecular weight excluding hydrogens is 543 g/mol. The number of nitrogens with zero attached hydrogens (tertiary/aromatic N) is 3. The molecule has 0 saturated heterocycles. The summed E-state index contributed by atoms with van der Waals surface area (Å²) in [5, 5.41) is 4.86. The number of benzene rings is 5. The van der Waals surface area contributed by atoms with Crippen LogP contribution in [0.5, 0.6) is 0 Å². The Morgan fingerprint density at radius 3 is 2.19 bits per heavy atom. The maximum absolute atomic E-state index is 5.43. The molecule has 3 nitrogen and oxygen atoms in total. The predicted octanol–water partition coefficient (Wildman–Crippen LogP) is 10.5. The number of rotatable bonds is 2. The Balaban J connectivity index is 1.44. The summed E-state index contributed by atoms with van der Waals surface area (Å²) in [5.74, 6) is 0.711. The van der Waals surface area contributed by atoms with Crippen molar-refractivity contribution in [2.24, 2.45) is 0 Å². The summed E-state index contributed by atoms with van der Waals surface area (Å²) in [6.45, 7) is 9.09. The van der Waals surface area contributed by atoms with Gasteiger partial charge in [0.05, 0.1) is 26.9 Å². The van der Waals surface area contributed by atoms with Crippen LogP contribution in [0, 0.1) is 13.8 Å². The molecule has 5 aromatic carbocycles. The van der Waals surface area contributed by atoms with Crippen molar-refractivity contribution in [1.29, 1.82) is 0 Å². The summed E-state index contributed by atoms with van der Waals surface area (Å²) < 4.78 is 3.62. The molecule has 4 heteroatoms. The van der Waals surface area contributed by atoms with E-state index in [2.05, 4.69) is 135 Å². The van der Waals surface area contributed by atoms with Gasteiger partial charge in [-0.2, -0.15) is 0 Å². The minimum Gasteiger partial charge on any atom is -0.276 e. The molecule has 0 amide bonds. The van der Waals surface area contributed by atoms with Gasteiger partial charge in [0.15, 0.2) is 0 Å². The highest BCUT2D eigenvalue weighted by atomic mass is 32.1. The highest BCUT2D eigenvalue weighted by molar-refractivity contribution is 7.23. The van der Waals surface area contributed by atoms with Crippen molar-refractivity contribution >= 4 is 54.1 Å². The van der Waals surface area contributed by atoms with Gasteiger partial charge in [0.25, 0.3) is 0 Å². The summed E-state index contributed by atoms with van der Waals surface area (Å²) in [6.07, 6.45) is 0. The Morgan fingerprint density at radius 1 is 0.651 bits per heavy atom. The number of aryl methyl sites for hydroxylation is 2. The van der Waals surface area contributed by atoms with Gasteiger partial charge in [-0.05, 0) is 59.2 Å². The number of para-hydroxylation sites is 2. The molecule has 0 unspecified atom stereocenters. The van der Waals surface area contributed by atoms with Crippen LogP contribution in [0.25, 0.3) is 70.4 Å². The van der Waals surface area contributed by atoms with E-state index in [1.54, 1.807) is 0 Å². The zero-order valence-electron chi connectivity index (χ0n) is 24.6. The predicted molar refractivity (Wildman–Crippen MR) is 182 cm³/mol. The monoisotopic (exact) mass is 571 g/mol. The zero-order chi connectivity index (χ0) is 29.0. The smallest absolute Gasteiger partial charge is 0.235 e. The summed E-state index contributed by atoms with van der Waals surface area (Å²) in [4.78, 5) is 12.1. The van der Waals surface area contributed by atoms with E-state index in [9.17, 15) is 0 Å². The fraction of sp³-hybridized carbons (Fsp3) is 0.128. The van der Waals surface area contributed by atoms with Gasteiger partial charge in [-0.1, -0.05) is 105 Å². The minimum atomic E-state index is -0.0658. The number of fused-ring (bicyclic) bond motifs is 10. The van der Waals surface area contributed by atoms with Crippen molar-refractivity contribution in [2.45, 2.75) is 33.1 Å². The lowest BCUT2D eigenvalue weighted by Crippen LogP contribution is -2.14. The molecule has 0 fully saturated rings. The van der Waals surface area contributed by atoms with E-state index in [1.165, 1.54) is 64.6 Å². The Hall–Kier alpha value is -4.80. The molecule has 1 aliphatic rings. The standard InChI is InChI=1S/C39H29N3S/c1-22-12-11-13-23(2)32(22)34-27-16-6-9-18-30(27)40-38(41-34)42-31-19-10-7-14-24(31)25-20-21-28-33-36(43-37(28)35(25)42)26-15-5-8-17-29(26)39(33,3)4/h5-21H,1-4H3. The van der Waals surface area contributed by atoms with Crippen molar-refractivity contribution in [3.63, 3.8) is 0 Å². The molecule has 0 aliphatic heterocycles. The normalized spacial score (nSPS) is 13.8. The number of hydrogen-bond donors (Lipinski definition) is 0. The first-order chi connectivity index (χ1) is 20.9. The van der Waals surface area contributed by atoms with E-state index in [1.807, 2.05) is 11.3 Å². The fourth-order valence-electron chi connectivity index (χ4n) is 7.52. The van der Waals surface area contributed by atoms with Crippen LogP contribution in [0.3, 0.4) is 0 Å². The van der Waals surface area contributed by atoms with E-state index in [-0.39, 0.29) is 5.41 Å². The van der Waals surface area contributed by atoms with Crippen molar-refractivity contribution in [1.82, 2.24) is 14.5 Å². The lowest BCUT2D eigenvalue weighted by Gasteiger charge is -2.21. The highest BCUT2D eigenvalue weighted by Gasteiger charge is 2.39. The molecule has 0 N–H and O–H groups in total. The third-order valence-corrected chi connectivity index (χ3v) is 10.7. The molecule has 3 aromatic heterocycles. The molecule has 9 rings (SSSR count). The van der Waals surface area contributed by atoms with E-state index in [4.69, 9.17) is 9.97 Å². The number of aromatic nitrogens is 3. The molecule has 206 valence electrons. The molecule has 0 radical (unpaired) electrons. The largest absolute Gasteiger partial charge is 0.276 e. The Labute approximate surface area is 254 Å². The van der Waals surface area contributed by atoms with Crippen LogP contribution in [-0.4, -0.2) is 14.5 Å². The van der Waals surface area contributed by atoms with Crippen molar-refractivity contribution in [2.75, 3.05) is 0 Å². The van der Waals surface area contributed by atoms with Crippen LogP contribution in [-0.2, 0) is 5.41 Å². The second-order valence-corrected chi connectivity index (χ2v) is 13.3. The van der Waals surface area contributed by atoms with Gasteiger partial charge in [0, 0.05) is 32.0 Å². The summed E-state index contributed by atoms with van der Waals surface area (Å²) in [6, 6.07) is 37.2. The maximum atomic E-state index is 5.43. The Morgan fingerprint density at radius 2 is 1.35 bits per heavy atom. The Bertz CT molecular complexity index is 2440. The topological polar surface area (TPSA) is 30.7 Å². The first-order valence-electron chi connectivity index (χ1n) is 14.9. The average molecular weight is 572 g/mol. The third-order valence-electron chi connectivity index (χ3n) is 9.47. The van der Waals surface area contributed by atoms with Crippen LogP contribution in [0.1, 0.15) is 36.1 Å². The SMILES string of the molecule is Cc1cccc(C)c1-c1nc(-n2c3ccccc3c3ccc4c5c(sc4c32)-c2ccccc2C5(C)C)nc2ccccc12. The average Bonchev–Trinajstić information content (AvgIpc) is 3.64. The molecule has 0 bridgehead atoms. The van der Waals surface area contributed by atoms with Gasteiger partial charge in [-0.15, -0.1) is 11.3 Å². The van der Waals surface area contributed by atoms with Crippen molar-refractivity contribution in [3.05, 3.63) is 125 Å².